The van der Waals surface area contributed by atoms with E-state index < -0.39 is 17.4 Å². The van der Waals surface area contributed by atoms with Crippen LogP contribution in [0.15, 0.2) is 0 Å². The van der Waals surface area contributed by atoms with Gasteiger partial charge in [-0.15, -0.1) is 0 Å². The largest absolute Gasteiger partial charge is 0.480 e. The molecule has 0 radical (unpaired) electrons. The Kier molecular flexibility index (Phi) is 9.23. The van der Waals surface area contributed by atoms with Crippen molar-refractivity contribution in [3.05, 3.63) is 0 Å². The van der Waals surface area contributed by atoms with Crippen molar-refractivity contribution in [2.45, 2.75) is 53.4 Å². The Morgan fingerprint density at radius 2 is 1.12 bits per heavy atom. The van der Waals surface area contributed by atoms with Gasteiger partial charge in [0.2, 0.25) is 0 Å². The van der Waals surface area contributed by atoms with Crippen LogP contribution in [0.2, 0.25) is 0 Å². The zero-order valence-electron chi connectivity index (χ0n) is 10.9. The molecule has 17 heavy (non-hydrogen) atoms. The lowest BCUT2D eigenvalue weighted by Gasteiger charge is -2.20. The van der Waals surface area contributed by atoms with Gasteiger partial charge in [-0.05, 0) is 12.8 Å². The van der Waals surface area contributed by atoms with Gasteiger partial charge in [0.15, 0.2) is 5.41 Å². The fourth-order valence-corrected chi connectivity index (χ4v) is 1.20. The van der Waals surface area contributed by atoms with Gasteiger partial charge in [-0.25, -0.2) is 0 Å². The van der Waals surface area contributed by atoms with Crippen molar-refractivity contribution >= 4 is 17.7 Å². The lowest BCUT2D eigenvalue weighted by atomic mass is 9.83. The highest BCUT2D eigenvalue weighted by molar-refractivity contribution is 5.98. The summed E-state index contributed by atoms with van der Waals surface area (Å²) in [6.45, 7) is 6.88. The van der Waals surface area contributed by atoms with Crippen molar-refractivity contribution in [1.82, 2.24) is 0 Å². The molecule has 0 aromatic carbocycles. The van der Waals surface area contributed by atoms with E-state index in [2.05, 4.69) is 0 Å². The minimum atomic E-state index is -1.58. The fraction of sp³-hybridized carbons (Fsp3) is 0.750. The number of carboxylic acids is 2. The van der Waals surface area contributed by atoms with Gasteiger partial charge in [-0.1, -0.05) is 27.7 Å². The third-order valence-corrected chi connectivity index (χ3v) is 2.81. The van der Waals surface area contributed by atoms with E-state index in [1.165, 1.54) is 0 Å². The average molecular weight is 246 g/mol. The first-order valence-corrected chi connectivity index (χ1v) is 5.80. The van der Waals surface area contributed by atoms with Gasteiger partial charge < -0.3 is 10.2 Å². The molecular formula is C12H22O5. The van der Waals surface area contributed by atoms with Crippen LogP contribution in [0.3, 0.4) is 0 Å². The molecule has 0 aliphatic heterocycles. The lowest BCUT2D eigenvalue weighted by molar-refractivity contribution is -0.165. The molecule has 0 unspecified atom stereocenters. The zero-order chi connectivity index (χ0) is 14.1. The zero-order valence-corrected chi connectivity index (χ0v) is 10.9. The molecule has 0 saturated carbocycles. The summed E-state index contributed by atoms with van der Waals surface area (Å²) in [4.78, 5) is 31.3. The molecule has 0 amide bonds. The maximum Gasteiger partial charge on any atom is 0.321 e. The molecular weight excluding hydrogens is 224 g/mol. The summed E-state index contributed by atoms with van der Waals surface area (Å²) >= 11 is 0. The van der Waals surface area contributed by atoms with Crippen LogP contribution in [-0.4, -0.2) is 27.9 Å². The molecule has 2 N–H and O–H groups in total. The Hall–Kier alpha value is -1.39. The predicted molar refractivity (Wildman–Crippen MR) is 63.9 cm³/mol. The first-order valence-electron chi connectivity index (χ1n) is 5.80. The number of carbonyl (C=O) groups is 3. The van der Waals surface area contributed by atoms with E-state index in [1.807, 2.05) is 13.8 Å². The second-order valence-corrected chi connectivity index (χ2v) is 3.65. The molecule has 0 heterocycles. The van der Waals surface area contributed by atoms with Gasteiger partial charge >= 0.3 is 11.9 Å². The Morgan fingerprint density at radius 1 is 0.824 bits per heavy atom. The number of hydrogen-bond acceptors (Lipinski definition) is 3. The van der Waals surface area contributed by atoms with E-state index in [0.717, 1.165) is 0 Å². The van der Waals surface area contributed by atoms with Crippen LogP contribution in [0.25, 0.3) is 0 Å². The average Bonchev–Trinajstić information content (AvgIpc) is 2.30. The number of rotatable bonds is 6. The summed E-state index contributed by atoms with van der Waals surface area (Å²) in [5.74, 6) is -2.17. The topological polar surface area (TPSA) is 91.7 Å². The van der Waals surface area contributed by atoms with Gasteiger partial charge in [0.05, 0.1) is 0 Å². The quantitative estimate of drug-likeness (QED) is 0.702. The number of carboxylic acid groups (broad SMARTS) is 2. The molecule has 0 atom stereocenters. The predicted octanol–water partition coefficient (Wildman–Crippen LogP) is 2.34. The number of hydrogen-bond donors (Lipinski definition) is 2. The maximum atomic E-state index is 10.5. The Labute approximate surface area is 102 Å². The molecule has 0 spiro atoms. The summed E-state index contributed by atoms with van der Waals surface area (Å²) in [6.07, 6.45) is 1.62. The first kappa shape index (κ1) is 18.0. The molecule has 0 aromatic rings. The van der Waals surface area contributed by atoms with Crippen molar-refractivity contribution in [2.24, 2.45) is 5.41 Å². The molecule has 5 nitrogen and oxygen atoms in total. The number of ketones is 1. The van der Waals surface area contributed by atoms with Crippen LogP contribution in [-0.2, 0) is 14.4 Å². The Morgan fingerprint density at radius 3 is 1.12 bits per heavy atom. The molecule has 100 valence electrons. The van der Waals surface area contributed by atoms with E-state index in [-0.39, 0.29) is 12.8 Å². The third-order valence-electron chi connectivity index (χ3n) is 2.81. The first-order chi connectivity index (χ1) is 7.82. The van der Waals surface area contributed by atoms with Crippen LogP contribution in [0.1, 0.15) is 53.4 Å². The summed E-state index contributed by atoms with van der Waals surface area (Å²) < 4.78 is 0. The van der Waals surface area contributed by atoms with Crippen LogP contribution >= 0.6 is 0 Å². The third kappa shape index (κ3) is 5.47. The van der Waals surface area contributed by atoms with Gasteiger partial charge in [-0.3, -0.25) is 14.4 Å². The van der Waals surface area contributed by atoms with Gasteiger partial charge in [0.1, 0.15) is 5.78 Å². The van der Waals surface area contributed by atoms with Crippen molar-refractivity contribution in [3.63, 3.8) is 0 Å². The fourth-order valence-electron chi connectivity index (χ4n) is 1.20. The molecule has 0 saturated heterocycles. The molecule has 0 rings (SSSR count). The van der Waals surface area contributed by atoms with Gasteiger partial charge in [0, 0.05) is 12.8 Å². The van der Waals surface area contributed by atoms with E-state index >= 15 is 0 Å². The molecule has 0 aromatic heterocycles. The summed E-state index contributed by atoms with van der Waals surface area (Å²) in [7, 11) is 0. The number of aliphatic carboxylic acids is 2. The van der Waals surface area contributed by atoms with Crippen molar-refractivity contribution < 1.29 is 24.6 Å². The van der Waals surface area contributed by atoms with Crippen molar-refractivity contribution in [3.8, 4) is 0 Å². The van der Waals surface area contributed by atoms with Crippen LogP contribution in [0, 0.1) is 5.41 Å². The lowest BCUT2D eigenvalue weighted by Crippen LogP contribution is -2.38. The normalized spacial score (nSPS) is 10.1. The molecule has 0 aliphatic carbocycles. The van der Waals surface area contributed by atoms with E-state index in [4.69, 9.17) is 10.2 Å². The Bertz CT molecular complexity index is 244. The highest BCUT2D eigenvalue weighted by Crippen LogP contribution is 2.26. The SMILES string of the molecule is CCC(=O)CC.CCC(CC)(C(=O)O)C(=O)O. The molecule has 0 bridgehead atoms. The second kappa shape index (κ2) is 8.73. The van der Waals surface area contributed by atoms with Gasteiger partial charge in [0.25, 0.3) is 0 Å². The molecule has 5 heteroatoms. The summed E-state index contributed by atoms with van der Waals surface area (Å²) in [6, 6.07) is 0. The molecule has 0 fully saturated rings. The highest BCUT2D eigenvalue weighted by atomic mass is 16.4. The van der Waals surface area contributed by atoms with Gasteiger partial charge in [-0.2, -0.15) is 0 Å². The van der Waals surface area contributed by atoms with Crippen molar-refractivity contribution in [1.29, 1.82) is 0 Å². The van der Waals surface area contributed by atoms with Crippen LogP contribution < -0.4 is 0 Å². The second-order valence-electron chi connectivity index (χ2n) is 3.65. The number of Topliss-reactive ketones (excluding diaryl/α,β-unsaturated/α-hetero) is 1. The van der Waals surface area contributed by atoms with Crippen LogP contribution in [0.5, 0.6) is 0 Å². The minimum absolute atomic E-state index is 0.119. The van der Waals surface area contributed by atoms with E-state index in [1.54, 1.807) is 13.8 Å². The smallest absolute Gasteiger partial charge is 0.321 e. The molecule has 0 aliphatic rings. The maximum absolute atomic E-state index is 10.5. The van der Waals surface area contributed by atoms with Crippen LogP contribution in [0.4, 0.5) is 0 Å². The minimum Gasteiger partial charge on any atom is -0.480 e. The summed E-state index contributed by atoms with van der Waals surface area (Å²) in [5, 5.41) is 17.2. The number of carbonyl (C=O) groups excluding carboxylic acids is 1. The van der Waals surface area contributed by atoms with E-state index in [9.17, 15) is 14.4 Å². The standard InChI is InChI=1S/C7H12O4.C5H10O/c1-3-7(4-2,5(8)9)6(10)11;1-3-5(6)4-2/h3-4H2,1-2H3,(H,8,9)(H,10,11);3-4H2,1-2H3. The van der Waals surface area contributed by atoms with Crippen molar-refractivity contribution in [2.75, 3.05) is 0 Å². The van der Waals surface area contributed by atoms with E-state index in [0.29, 0.717) is 18.6 Å². The Balaban J connectivity index is 0. The highest BCUT2D eigenvalue weighted by Gasteiger charge is 2.42. The summed E-state index contributed by atoms with van der Waals surface area (Å²) in [5.41, 5.74) is -1.58. The monoisotopic (exact) mass is 246 g/mol.